The fourth-order valence-electron chi connectivity index (χ4n) is 4.88. The van der Waals surface area contributed by atoms with Crippen molar-refractivity contribution in [3.8, 4) is 0 Å². The SMILES string of the molecule is O=C(CCC(=O)N1CCC2(CC1)C[C@@H]2C(=O)NCc1ccccc1C(F)(F)F)c1ccccc1. The minimum Gasteiger partial charge on any atom is -0.352 e. The van der Waals surface area contributed by atoms with Crippen molar-refractivity contribution in [2.24, 2.45) is 11.3 Å². The highest BCUT2D eigenvalue weighted by atomic mass is 19.4. The number of likely N-dealkylation sites (tertiary alicyclic amines) is 1. The maximum Gasteiger partial charge on any atom is 0.416 e. The van der Waals surface area contributed by atoms with Crippen LogP contribution >= 0.6 is 0 Å². The molecule has 5 nitrogen and oxygen atoms in total. The Morgan fingerprint density at radius 3 is 2.26 bits per heavy atom. The summed E-state index contributed by atoms with van der Waals surface area (Å²) < 4.78 is 39.5. The molecular formula is C26H27F3N2O3. The second-order valence-corrected chi connectivity index (χ2v) is 9.16. The molecule has 2 amide bonds. The monoisotopic (exact) mass is 472 g/mol. The number of benzene rings is 2. The Morgan fingerprint density at radius 1 is 0.941 bits per heavy atom. The Hall–Kier alpha value is -3.16. The van der Waals surface area contributed by atoms with Crippen molar-refractivity contribution in [3.05, 3.63) is 71.3 Å². The highest BCUT2D eigenvalue weighted by Crippen LogP contribution is 2.59. The molecule has 1 saturated heterocycles. The zero-order chi connectivity index (χ0) is 24.3. The molecule has 0 aromatic heterocycles. The van der Waals surface area contributed by atoms with Crippen molar-refractivity contribution < 1.29 is 27.6 Å². The lowest BCUT2D eigenvalue weighted by atomic mass is 9.90. The van der Waals surface area contributed by atoms with Crippen LogP contribution in [-0.2, 0) is 22.3 Å². The number of hydrogen-bond donors (Lipinski definition) is 1. The second kappa shape index (κ2) is 9.60. The van der Waals surface area contributed by atoms with Crippen LogP contribution in [0.4, 0.5) is 13.2 Å². The molecule has 4 rings (SSSR count). The molecule has 180 valence electrons. The van der Waals surface area contributed by atoms with E-state index in [1.807, 2.05) is 6.07 Å². The lowest BCUT2D eigenvalue weighted by molar-refractivity contribution is -0.138. The Morgan fingerprint density at radius 2 is 1.59 bits per heavy atom. The number of hydrogen-bond acceptors (Lipinski definition) is 3. The summed E-state index contributed by atoms with van der Waals surface area (Å²) in [5.41, 5.74) is -0.274. The number of alkyl halides is 3. The molecule has 8 heteroatoms. The van der Waals surface area contributed by atoms with Gasteiger partial charge in [-0.2, -0.15) is 13.2 Å². The van der Waals surface area contributed by atoms with Crippen LogP contribution in [0.5, 0.6) is 0 Å². The second-order valence-electron chi connectivity index (χ2n) is 9.16. The minimum atomic E-state index is -4.47. The van der Waals surface area contributed by atoms with Gasteiger partial charge in [0.15, 0.2) is 5.78 Å². The lowest BCUT2D eigenvalue weighted by Gasteiger charge is -2.33. The molecule has 0 unspecified atom stereocenters. The van der Waals surface area contributed by atoms with Gasteiger partial charge in [-0.3, -0.25) is 14.4 Å². The van der Waals surface area contributed by atoms with Gasteiger partial charge in [-0.05, 0) is 36.3 Å². The van der Waals surface area contributed by atoms with Gasteiger partial charge in [0, 0.05) is 44.0 Å². The Kier molecular flexibility index (Phi) is 6.77. The van der Waals surface area contributed by atoms with E-state index in [0.29, 0.717) is 37.9 Å². The molecule has 1 spiro atoms. The molecule has 1 aliphatic carbocycles. The quantitative estimate of drug-likeness (QED) is 0.599. The lowest BCUT2D eigenvalue weighted by Crippen LogP contribution is -2.40. The largest absolute Gasteiger partial charge is 0.416 e. The summed E-state index contributed by atoms with van der Waals surface area (Å²) >= 11 is 0. The number of nitrogens with zero attached hydrogens (tertiary/aromatic N) is 1. The summed E-state index contributed by atoms with van der Waals surface area (Å²) in [7, 11) is 0. The smallest absolute Gasteiger partial charge is 0.352 e. The van der Waals surface area contributed by atoms with Crippen LogP contribution in [-0.4, -0.2) is 35.6 Å². The minimum absolute atomic E-state index is 0.0449. The van der Waals surface area contributed by atoms with Crippen LogP contribution < -0.4 is 5.32 Å². The molecule has 2 fully saturated rings. The Balaban J connectivity index is 1.23. The number of ketones is 1. The van der Waals surface area contributed by atoms with Gasteiger partial charge in [0.1, 0.15) is 0 Å². The van der Waals surface area contributed by atoms with Gasteiger partial charge >= 0.3 is 6.18 Å². The van der Waals surface area contributed by atoms with Gasteiger partial charge in [0.25, 0.3) is 0 Å². The molecule has 2 aromatic rings. The van der Waals surface area contributed by atoms with Crippen molar-refractivity contribution >= 4 is 17.6 Å². The third kappa shape index (κ3) is 5.32. The van der Waals surface area contributed by atoms with Gasteiger partial charge in [-0.1, -0.05) is 48.5 Å². The van der Waals surface area contributed by atoms with Gasteiger partial charge in [-0.25, -0.2) is 0 Å². The summed E-state index contributed by atoms with van der Waals surface area (Å²) in [6.07, 6.45) is -2.09. The van der Waals surface area contributed by atoms with Crippen molar-refractivity contribution in [1.82, 2.24) is 10.2 Å². The first-order chi connectivity index (χ1) is 16.2. The normalized spacial score (nSPS) is 19.0. The van der Waals surface area contributed by atoms with Crippen LogP contribution in [0.3, 0.4) is 0 Å². The number of halogens is 3. The number of rotatable bonds is 7. The van der Waals surface area contributed by atoms with E-state index in [9.17, 15) is 27.6 Å². The third-order valence-electron chi connectivity index (χ3n) is 7.06. The molecule has 1 N–H and O–H groups in total. The molecule has 2 aromatic carbocycles. The van der Waals surface area contributed by atoms with E-state index in [0.717, 1.165) is 6.07 Å². The van der Waals surface area contributed by atoms with Gasteiger partial charge in [0.05, 0.1) is 5.56 Å². The summed E-state index contributed by atoms with van der Waals surface area (Å²) in [5.74, 6) is -0.592. The number of amides is 2. The fourth-order valence-corrected chi connectivity index (χ4v) is 4.88. The van der Waals surface area contributed by atoms with Crippen molar-refractivity contribution in [3.63, 3.8) is 0 Å². The Bertz CT molecular complexity index is 1060. The van der Waals surface area contributed by atoms with Gasteiger partial charge < -0.3 is 10.2 Å². The third-order valence-corrected chi connectivity index (χ3v) is 7.06. The molecule has 0 radical (unpaired) electrons. The predicted molar refractivity (Wildman–Crippen MR) is 120 cm³/mol. The summed E-state index contributed by atoms with van der Waals surface area (Å²) in [6, 6.07) is 14.1. The number of nitrogens with one attached hydrogen (secondary N) is 1. The average Bonchev–Trinajstić information content (AvgIpc) is 3.54. The summed E-state index contributed by atoms with van der Waals surface area (Å²) in [6.45, 7) is 0.888. The number of Topliss-reactive ketones (excluding diaryl/α,β-unsaturated/α-hetero) is 1. The zero-order valence-electron chi connectivity index (χ0n) is 18.7. The maximum absolute atomic E-state index is 13.2. The molecule has 34 heavy (non-hydrogen) atoms. The van der Waals surface area contributed by atoms with Crippen LogP contribution in [0.2, 0.25) is 0 Å². The van der Waals surface area contributed by atoms with E-state index in [1.54, 1.807) is 29.2 Å². The van der Waals surface area contributed by atoms with Crippen molar-refractivity contribution in [1.29, 1.82) is 0 Å². The van der Waals surface area contributed by atoms with E-state index in [2.05, 4.69) is 5.32 Å². The van der Waals surface area contributed by atoms with E-state index in [-0.39, 0.29) is 53.9 Å². The number of piperidine rings is 1. The standard InChI is InChI=1S/C26H27F3N2O3/c27-26(28,29)20-9-5-4-8-19(20)17-30-24(34)21-16-25(21)12-14-31(15-13-25)23(33)11-10-22(32)18-6-2-1-3-7-18/h1-9,21H,10-17H2,(H,30,34)/t21-/m1/s1. The van der Waals surface area contributed by atoms with E-state index in [4.69, 9.17) is 0 Å². The Labute approximate surface area is 196 Å². The maximum atomic E-state index is 13.2. The van der Waals surface area contributed by atoms with Crippen molar-refractivity contribution in [2.45, 2.75) is 44.8 Å². The fraction of sp³-hybridized carbons (Fsp3) is 0.423. The molecule has 0 bridgehead atoms. The first-order valence-electron chi connectivity index (χ1n) is 11.5. The first-order valence-corrected chi connectivity index (χ1v) is 11.5. The van der Waals surface area contributed by atoms with E-state index >= 15 is 0 Å². The molecule has 1 saturated carbocycles. The van der Waals surface area contributed by atoms with E-state index < -0.39 is 11.7 Å². The van der Waals surface area contributed by atoms with E-state index in [1.165, 1.54) is 18.2 Å². The molecule has 1 heterocycles. The molecular weight excluding hydrogens is 445 g/mol. The van der Waals surface area contributed by atoms with Crippen LogP contribution in [0.25, 0.3) is 0 Å². The number of carbonyl (C=O) groups excluding carboxylic acids is 3. The summed E-state index contributed by atoms with van der Waals surface area (Å²) in [4.78, 5) is 39.2. The van der Waals surface area contributed by atoms with Crippen LogP contribution in [0.1, 0.15) is 53.6 Å². The van der Waals surface area contributed by atoms with Crippen LogP contribution in [0, 0.1) is 11.3 Å². The predicted octanol–water partition coefficient (Wildman–Crippen LogP) is 4.61. The highest BCUT2D eigenvalue weighted by molar-refractivity contribution is 5.97. The zero-order valence-corrected chi connectivity index (χ0v) is 18.7. The van der Waals surface area contributed by atoms with Crippen molar-refractivity contribution in [2.75, 3.05) is 13.1 Å². The van der Waals surface area contributed by atoms with Gasteiger partial charge in [0.2, 0.25) is 11.8 Å². The summed E-state index contributed by atoms with van der Waals surface area (Å²) in [5, 5.41) is 2.67. The molecule has 2 aliphatic rings. The topological polar surface area (TPSA) is 66.5 Å². The van der Waals surface area contributed by atoms with Gasteiger partial charge in [-0.15, -0.1) is 0 Å². The first kappa shape index (κ1) is 24.0. The molecule has 1 atom stereocenters. The number of carbonyl (C=O) groups is 3. The van der Waals surface area contributed by atoms with Crippen LogP contribution in [0.15, 0.2) is 54.6 Å². The average molecular weight is 473 g/mol. The highest BCUT2D eigenvalue weighted by Gasteiger charge is 2.58. The molecule has 1 aliphatic heterocycles.